The highest BCUT2D eigenvalue weighted by Gasteiger charge is 2.36. The fourth-order valence-electron chi connectivity index (χ4n) is 5.31. The lowest BCUT2D eigenvalue weighted by atomic mass is 9.91. The Labute approximate surface area is 221 Å². The number of nitrogens with two attached hydrogens (primary N) is 2. The van der Waals surface area contributed by atoms with Crippen LogP contribution in [-0.2, 0) is 22.3 Å². The monoisotopic (exact) mass is 524 g/mol. The first kappa shape index (κ1) is 25.8. The first-order chi connectivity index (χ1) is 17.6. The molecule has 3 aromatic heterocycles. The lowest BCUT2D eigenvalue weighted by molar-refractivity contribution is -0.102. The van der Waals surface area contributed by atoms with Crippen LogP contribution in [0.2, 0.25) is 0 Å². The van der Waals surface area contributed by atoms with Gasteiger partial charge in [-0.15, -0.1) is 11.3 Å². The van der Waals surface area contributed by atoms with E-state index in [1.807, 2.05) is 32.9 Å². The smallest absolute Gasteiger partial charge is 0.263 e. The summed E-state index contributed by atoms with van der Waals surface area (Å²) in [6, 6.07) is 7.98. The molecule has 3 atom stereocenters. The summed E-state index contributed by atoms with van der Waals surface area (Å²) < 4.78 is 11.5. The highest BCUT2D eigenvalue weighted by atomic mass is 32.1. The minimum Gasteiger partial charge on any atom is -0.397 e. The second-order valence-electron chi connectivity index (χ2n) is 10.8. The Kier molecular flexibility index (Phi) is 7.10. The fraction of sp³-hybridized carbons (Fsp3) is 0.519. The van der Waals surface area contributed by atoms with Gasteiger partial charge in [-0.05, 0) is 63.8 Å². The third-order valence-corrected chi connectivity index (χ3v) is 8.23. The van der Waals surface area contributed by atoms with Gasteiger partial charge in [-0.25, -0.2) is 9.97 Å². The second kappa shape index (κ2) is 10.2. The normalized spacial score (nSPS) is 21.9. The molecule has 5 rings (SSSR count). The van der Waals surface area contributed by atoms with E-state index in [9.17, 15) is 4.79 Å². The summed E-state index contributed by atoms with van der Waals surface area (Å²) >= 11 is 1.35. The Morgan fingerprint density at radius 1 is 1.24 bits per heavy atom. The third kappa shape index (κ3) is 5.43. The lowest BCUT2D eigenvalue weighted by Crippen LogP contribution is -2.43. The summed E-state index contributed by atoms with van der Waals surface area (Å²) in [6.45, 7) is 7.88. The van der Waals surface area contributed by atoms with Crippen molar-refractivity contribution >= 4 is 39.0 Å². The number of fused-ring (bicyclic) bond motifs is 2. The van der Waals surface area contributed by atoms with Gasteiger partial charge in [-0.2, -0.15) is 0 Å². The molecule has 1 fully saturated rings. The maximum Gasteiger partial charge on any atom is 0.263 e. The maximum absolute atomic E-state index is 13.1. The van der Waals surface area contributed by atoms with Crippen molar-refractivity contribution in [2.24, 2.45) is 5.73 Å². The van der Waals surface area contributed by atoms with E-state index in [1.54, 1.807) is 7.11 Å². The minimum absolute atomic E-state index is 0.0352. The van der Waals surface area contributed by atoms with Gasteiger partial charge >= 0.3 is 0 Å². The van der Waals surface area contributed by atoms with Crippen LogP contribution in [0.1, 0.15) is 46.9 Å². The standard InChI is InChI=1S/C27H36N6O3S/c1-15-5-8-18-23(29)24(37-26(18)30-15)25(34)31-17-7-9-20-16(11-17)6-10-22(32-20)33-12-19(28)21(13-33)36-27(2,3)14-35-4/h5-6,8,10,17,19,21H,7,9,11-14,28-29H2,1-4H3,(H,31,34). The van der Waals surface area contributed by atoms with E-state index in [4.69, 9.17) is 25.9 Å². The molecular formula is C27H36N6O3S. The molecule has 2 aliphatic rings. The Bertz CT molecular complexity index is 1310. The molecule has 1 saturated heterocycles. The van der Waals surface area contributed by atoms with Crippen molar-refractivity contribution in [3.63, 3.8) is 0 Å². The van der Waals surface area contributed by atoms with Gasteiger partial charge in [0, 0.05) is 43.0 Å². The average Bonchev–Trinajstić information content (AvgIpc) is 3.37. The van der Waals surface area contributed by atoms with Crippen molar-refractivity contribution in [1.82, 2.24) is 15.3 Å². The average molecular weight is 525 g/mol. The number of nitrogens with zero attached hydrogens (tertiary/aromatic N) is 3. The van der Waals surface area contributed by atoms with Crippen LogP contribution in [0.25, 0.3) is 10.2 Å². The number of carbonyl (C=O) groups excluding carboxylic acids is 1. The van der Waals surface area contributed by atoms with Gasteiger partial charge in [0.2, 0.25) is 0 Å². The van der Waals surface area contributed by atoms with E-state index in [0.29, 0.717) is 30.3 Å². The molecule has 0 spiro atoms. The number of aromatic nitrogens is 2. The number of carbonyl (C=O) groups is 1. The summed E-state index contributed by atoms with van der Waals surface area (Å²) in [5.74, 6) is 0.790. The van der Waals surface area contributed by atoms with Crippen molar-refractivity contribution in [2.75, 3.05) is 37.4 Å². The summed E-state index contributed by atoms with van der Waals surface area (Å²) in [5, 5.41) is 4.02. The molecule has 1 amide bonds. The molecule has 9 nitrogen and oxygen atoms in total. The molecule has 5 N–H and O–H groups in total. The number of anilines is 2. The van der Waals surface area contributed by atoms with Crippen LogP contribution in [0.5, 0.6) is 0 Å². The number of methoxy groups -OCH3 is 1. The van der Waals surface area contributed by atoms with Gasteiger partial charge in [0.05, 0.1) is 30.0 Å². The quantitative estimate of drug-likeness (QED) is 0.430. The van der Waals surface area contributed by atoms with Crippen LogP contribution in [0, 0.1) is 6.92 Å². The van der Waals surface area contributed by atoms with Crippen LogP contribution in [0.15, 0.2) is 24.3 Å². The van der Waals surface area contributed by atoms with Gasteiger partial charge in [0.25, 0.3) is 5.91 Å². The molecule has 0 radical (unpaired) electrons. The van der Waals surface area contributed by atoms with Gasteiger partial charge in [0.15, 0.2) is 0 Å². The van der Waals surface area contributed by atoms with Crippen molar-refractivity contribution in [3.8, 4) is 0 Å². The number of hydrogen-bond acceptors (Lipinski definition) is 9. The number of hydrogen-bond donors (Lipinski definition) is 3. The number of amides is 1. The molecule has 0 bridgehead atoms. The molecule has 0 saturated carbocycles. The molecule has 3 unspecified atom stereocenters. The predicted molar refractivity (Wildman–Crippen MR) is 147 cm³/mol. The van der Waals surface area contributed by atoms with Crippen LogP contribution in [-0.4, -0.2) is 66.5 Å². The van der Waals surface area contributed by atoms with Crippen LogP contribution in [0.4, 0.5) is 11.5 Å². The second-order valence-corrected chi connectivity index (χ2v) is 11.8. The Balaban J connectivity index is 1.23. The lowest BCUT2D eigenvalue weighted by Gasteiger charge is -2.30. The van der Waals surface area contributed by atoms with Crippen molar-refractivity contribution in [1.29, 1.82) is 0 Å². The first-order valence-corrected chi connectivity index (χ1v) is 13.6. The molecule has 1 aliphatic carbocycles. The van der Waals surface area contributed by atoms with E-state index in [2.05, 4.69) is 27.3 Å². The minimum atomic E-state index is -0.397. The fourth-order valence-corrected chi connectivity index (χ4v) is 6.35. The Morgan fingerprint density at radius 3 is 2.84 bits per heavy atom. The molecular weight excluding hydrogens is 488 g/mol. The molecule has 37 heavy (non-hydrogen) atoms. The van der Waals surface area contributed by atoms with Crippen LogP contribution < -0.4 is 21.7 Å². The van der Waals surface area contributed by atoms with Gasteiger partial charge in [-0.1, -0.05) is 6.07 Å². The zero-order chi connectivity index (χ0) is 26.3. The number of aryl methyl sites for hydroxylation is 2. The van der Waals surface area contributed by atoms with E-state index in [-0.39, 0.29) is 24.1 Å². The summed E-state index contributed by atoms with van der Waals surface area (Å²) in [4.78, 5) is 26.1. The first-order valence-electron chi connectivity index (χ1n) is 12.8. The SMILES string of the molecule is COCC(C)(C)OC1CN(c2ccc3c(n2)CCC(NC(=O)c2sc4nc(C)ccc4c2N)C3)CC1N. The molecule has 3 aromatic rings. The zero-order valence-corrected chi connectivity index (χ0v) is 22.7. The molecule has 10 heteroatoms. The highest BCUT2D eigenvalue weighted by Crippen LogP contribution is 2.33. The van der Waals surface area contributed by atoms with Crippen LogP contribution in [0.3, 0.4) is 0 Å². The summed E-state index contributed by atoms with van der Waals surface area (Å²) in [5.41, 5.74) is 16.0. The van der Waals surface area contributed by atoms with Crippen molar-refractivity contribution in [3.05, 3.63) is 46.1 Å². The van der Waals surface area contributed by atoms with E-state index < -0.39 is 5.60 Å². The Morgan fingerprint density at radius 2 is 2.05 bits per heavy atom. The van der Waals surface area contributed by atoms with Gasteiger partial charge in [-0.3, -0.25) is 4.79 Å². The largest absolute Gasteiger partial charge is 0.397 e. The highest BCUT2D eigenvalue weighted by molar-refractivity contribution is 7.21. The topological polar surface area (TPSA) is 129 Å². The van der Waals surface area contributed by atoms with Crippen molar-refractivity contribution in [2.45, 2.75) is 63.8 Å². The van der Waals surface area contributed by atoms with Crippen LogP contribution >= 0.6 is 11.3 Å². The molecule has 0 aromatic carbocycles. The summed E-state index contributed by atoms with van der Waals surface area (Å²) in [6.07, 6.45) is 2.29. The Hall–Kier alpha value is -2.79. The molecule has 198 valence electrons. The maximum atomic E-state index is 13.1. The van der Waals surface area contributed by atoms with Gasteiger partial charge < -0.3 is 31.2 Å². The predicted octanol–water partition coefficient (Wildman–Crippen LogP) is 2.83. The number of thiophene rings is 1. The number of rotatable bonds is 7. The number of pyridine rings is 2. The molecule has 1 aliphatic heterocycles. The zero-order valence-electron chi connectivity index (χ0n) is 21.9. The molecule has 4 heterocycles. The van der Waals surface area contributed by atoms with E-state index in [0.717, 1.165) is 46.7 Å². The van der Waals surface area contributed by atoms with E-state index >= 15 is 0 Å². The number of nitrogens with one attached hydrogen (secondary N) is 1. The third-order valence-electron chi connectivity index (χ3n) is 7.12. The number of nitrogen functional groups attached to an aromatic ring is 1. The van der Waals surface area contributed by atoms with Crippen molar-refractivity contribution < 1.29 is 14.3 Å². The number of ether oxygens (including phenoxy) is 2. The summed E-state index contributed by atoms with van der Waals surface area (Å²) in [7, 11) is 1.68. The van der Waals surface area contributed by atoms with Gasteiger partial charge in [0.1, 0.15) is 15.5 Å². The van der Waals surface area contributed by atoms with E-state index in [1.165, 1.54) is 16.9 Å².